The number of hydrogen-bond donors (Lipinski definition) is 0. The second-order valence-corrected chi connectivity index (χ2v) is 19.6. The first-order chi connectivity index (χ1) is 8.92. The molecule has 0 radical (unpaired) electrons. The van der Waals surface area contributed by atoms with Crippen molar-refractivity contribution >= 4 is 0 Å². The molecule has 0 fully saturated rings. The van der Waals surface area contributed by atoms with Gasteiger partial charge in [-0.05, 0) is 0 Å². The van der Waals surface area contributed by atoms with E-state index in [-0.39, 0.29) is 0 Å². The first-order valence-corrected chi connectivity index (χ1v) is 13.0. The third-order valence-electron chi connectivity index (χ3n) is 5.15. The van der Waals surface area contributed by atoms with Crippen LogP contribution in [-0.2, 0) is 20.3 Å². The van der Waals surface area contributed by atoms with Gasteiger partial charge in [-0.2, -0.15) is 0 Å². The van der Waals surface area contributed by atoms with E-state index in [4.69, 9.17) is 0 Å². The van der Waals surface area contributed by atoms with E-state index in [2.05, 4.69) is 65.8 Å². The average molecular weight is 336 g/mol. The first kappa shape index (κ1) is 15.2. The van der Waals surface area contributed by atoms with E-state index < -0.39 is 20.3 Å². The molecule has 0 aliphatic heterocycles. The van der Waals surface area contributed by atoms with Crippen LogP contribution in [0.5, 0.6) is 0 Å². The van der Waals surface area contributed by atoms with E-state index in [1.807, 2.05) is 6.56 Å². The second kappa shape index (κ2) is 5.68. The molecule has 0 heterocycles. The van der Waals surface area contributed by atoms with Crippen LogP contribution in [-0.4, -0.2) is 0 Å². The van der Waals surface area contributed by atoms with Crippen LogP contribution in [0.25, 0.3) is 0 Å². The van der Waals surface area contributed by atoms with E-state index in [1.54, 1.807) is 11.1 Å². The molecule has 2 rings (SSSR count). The summed E-state index contributed by atoms with van der Waals surface area (Å²) in [6.07, 6.45) is 12.0. The van der Waals surface area contributed by atoms with Gasteiger partial charge in [-0.25, -0.2) is 0 Å². The summed E-state index contributed by atoms with van der Waals surface area (Å²) in [5, 5.41) is 0. The van der Waals surface area contributed by atoms with Gasteiger partial charge in [0.15, 0.2) is 0 Å². The van der Waals surface area contributed by atoms with Crippen molar-refractivity contribution in [2.24, 2.45) is 0 Å². The quantitative estimate of drug-likeness (QED) is 0.568. The Morgan fingerprint density at radius 2 is 1.16 bits per heavy atom. The van der Waals surface area contributed by atoms with Gasteiger partial charge in [0.1, 0.15) is 0 Å². The van der Waals surface area contributed by atoms with Gasteiger partial charge in [0.2, 0.25) is 0 Å². The summed E-state index contributed by atoms with van der Waals surface area (Å²) in [7, 11) is 0. The van der Waals surface area contributed by atoms with Gasteiger partial charge < -0.3 is 0 Å². The molecule has 0 amide bonds. The van der Waals surface area contributed by atoms with E-state index in [0.29, 0.717) is 0 Å². The van der Waals surface area contributed by atoms with Gasteiger partial charge in [0.05, 0.1) is 0 Å². The topological polar surface area (TPSA) is 0 Å². The molecule has 2 aliphatic carbocycles. The fourth-order valence-electron chi connectivity index (χ4n) is 4.46. The minimum absolute atomic E-state index is 0.851. The van der Waals surface area contributed by atoms with Crippen molar-refractivity contribution in [1.82, 2.24) is 0 Å². The van der Waals surface area contributed by atoms with E-state index in [1.165, 1.54) is 12.8 Å². The molecule has 2 aliphatic rings. The van der Waals surface area contributed by atoms with E-state index in [0.717, 1.165) is 7.25 Å². The fourth-order valence-corrected chi connectivity index (χ4v) is 21.3. The number of hydrogen-bond acceptors (Lipinski definition) is 0. The van der Waals surface area contributed by atoms with Crippen LogP contribution in [0.15, 0.2) is 42.0 Å². The van der Waals surface area contributed by atoms with E-state index in [9.17, 15) is 0 Å². The SMILES string of the molecule is CC1=[C]([Zr]([C]2=C(C)C=CC2)([CH](C)C)[CH](C)C)CC=C1. The molecule has 0 saturated carbocycles. The standard InChI is InChI=1S/2C6H7.2C3H7.Zr/c2*1-6-4-2-3-5-6;2*1-3-2;/h2*2,4H,3H2,1H3;2*3H,1-2H3;. The molecule has 0 saturated heterocycles. The Morgan fingerprint density at radius 1 is 0.789 bits per heavy atom. The number of allylic oxidation sites excluding steroid dienone is 8. The summed E-state index contributed by atoms with van der Waals surface area (Å²) >= 11 is -2.50. The molecule has 0 atom stereocenters. The zero-order valence-electron chi connectivity index (χ0n) is 13.4. The monoisotopic (exact) mass is 334 g/mol. The molecular weight excluding hydrogens is 307 g/mol. The van der Waals surface area contributed by atoms with Crippen molar-refractivity contribution in [2.45, 2.75) is 61.6 Å². The minimum atomic E-state index is -2.50. The van der Waals surface area contributed by atoms with Gasteiger partial charge in [0.25, 0.3) is 0 Å². The predicted octanol–water partition coefficient (Wildman–Crippen LogP) is 6.26. The molecule has 0 nitrogen and oxygen atoms in total. The maximum atomic E-state index is 2.49. The zero-order chi connectivity index (χ0) is 14.2. The Bertz CT molecular complexity index is 438. The third kappa shape index (κ3) is 2.33. The van der Waals surface area contributed by atoms with Crippen LogP contribution in [0.2, 0.25) is 7.25 Å². The second-order valence-electron chi connectivity index (χ2n) is 6.71. The Hall–Kier alpha value is -0.157. The maximum absolute atomic E-state index is 2.50. The van der Waals surface area contributed by atoms with Crippen LogP contribution >= 0.6 is 0 Å². The summed E-state index contributed by atoms with van der Waals surface area (Å²) < 4.78 is 5.45. The Kier molecular flexibility index (Phi) is 4.56. The average Bonchev–Trinajstić information content (AvgIpc) is 2.90. The molecule has 0 aromatic carbocycles. The molecule has 0 unspecified atom stereocenters. The molecule has 19 heavy (non-hydrogen) atoms. The van der Waals surface area contributed by atoms with Crippen molar-refractivity contribution in [3.05, 3.63) is 42.0 Å². The molecule has 0 N–H and O–H groups in total. The first-order valence-electron chi connectivity index (χ1n) is 7.65. The Labute approximate surface area is 123 Å². The van der Waals surface area contributed by atoms with Crippen molar-refractivity contribution in [3.63, 3.8) is 0 Å². The molecule has 104 valence electrons. The normalized spacial score (nSPS) is 19.8. The fraction of sp³-hybridized carbons (Fsp3) is 0.556. The molecule has 1 heteroatoms. The molecular formula is C18H28Zr. The van der Waals surface area contributed by atoms with Crippen LogP contribution in [0.4, 0.5) is 0 Å². The summed E-state index contributed by atoms with van der Waals surface area (Å²) in [5.41, 5.74) is 3.18. The predicted molar refractivity (Wildman–Crippen MR) is 83.1 cm³/mol. The van der Waals surface area contributed by atoms with Crippen molar-refractivity contribution in [2.75, 3.05) is 0 Å². The molecule has 0 spiro atoms. The van der Waals surface area contributed by atoms with Crippen LogP contribution in [0.3, 0.4) is 0 Å². The van der Waals surface area contributed by atoms with Crippen LogP contribution in [0, 0.1) is 0 Å². The van der Waals surface area contributed by atoms with Gasteiger partial charge in [-0.1, -0.05) is 0 Å². The number of rotatable bonds is 4. The van der Waals surface area contributed by atoms with Gasteiger partial charge in [0, 0.05) is 0 Å². The van der Waals surface area contributed by atoms with Crippen LogP contribution in [0.1, 0.15) is 54.4 Å². The van der Waals surface area contributed by atoms with Crippen molar-refractivity contribution in [3.8, 4) is 0 Å². The summed E-state index contributed by atoms with van der Waals surface area (Å²) in [6.45, 7) is 14.7. The molecule has 0 aromatic rings. The third-order valence-corrected chi connectivity index (χ3v) is 22.0. The summed E-state index contributed by atoms with van der Waals surface area (Å²) in [4.78, 5) is 0. The summed E-state index contributed by atoms with van der Waals surface area (Å²) in [6, 6.07) is 0. The van der Waals surface area contributed by atoms with Crippen molar-refractivity contribution in [1.29, 1.82) is 0 Å². The molecule has 0 aromatic heterocycles. The van der Waals surface area contributed by atoms with Gasteiger partial charge >= 0.3 is 124 Å². The molecule has 0 bridgehead atoms. The summed E-state index contributed by atoms with van der Waals surface area (Å²) in [5.74, 6) is 0. The Morgan fingerprint density at radius 3 is 1.37 bits per heavy atom. The van der Waals surface area contributed by atoms with E-state index >= 15 is 0 Å². The van der Waals surface area contributed by atoms with Crippen LogP contribution < -0.4 is 0 Å². The Balaban J connectivity index is 2.63. The van der Waals surface area contributed by atoms with Crippen molar-refractivity contribution < 1.29 is 20.3 Å². The van der Waals surface area contributed by atoms with Gasteiger partial charge in [-0.15, -0.1) is 0 Å². The zero-order valence-corrected chi connectivity index (χ0v) is 15.8. The van der Waals surface area contributed by atoms with Gasteiger partial charge in [-0.3, -0.25) is 0 Å².